The van der Waals surface area contributed by atoms with Gasteiger partial charge in [0, 0.05) is 20.3 Å². The number of rotatable bonds is 2. The summed E-state index contributed by atoms with van der Waals surface area (Å²) >= 11 is 0. The predicted molar refractivity (Wildman–Crippen MR) is 58.5 cm³/mol. The van der Waals surface area contributed by atoms with Crippen molar-refractivity contribution in [2.45, 2.75) is 13.8 Å². The number of aromatic nitrogens is 1. The molecule has 0 unspecified atom stereocenters. The van der Waals surface area contributed by atoms with E-state index in [2.05, 4.69) is 15.6 Å². The van der Waals surface area contributed by atoms with Crippen molar-refractivity contribution >= 4 is 11.6 Å². The molecule has 0 aliphatic carbocycles. The van der Waals surface area contributed by atoms with Crippen LogP contribution in [0.3, 0.4) is 0 Å². The maximum Gasteiger partial charge on any atom is 0.253 e. The van der Waals surface area contributed by atoms with Gasteiger partial charge >= 0.3 is 0 Å². The van der Waals surface area contributed by atoms with Gasteiger partial charge in [0.25, 0.3) is 5.91 Å². The van der Waals surface area contributed by atoms with Gasteiger partial charge in [0.15, 0.2) is 0 Å². The highest BCUT2D eigenvalue weighted by atomic mass is 16.1. The van der Waals surface area contributed by atoms with Gasteiger partial charge in [-0.2, -0.15) is 0 Å². The molecule has 0 aliphatic rings. The lowest BCUT2D eigenvalue weighted by Gasteiger charge is -2.05. The molecule has 78 valence electrons. The van der Waals surface area contributed by atoms with Gasteiger partial charge in [-0.05, 0) is 6.07 Å². The zero-order valence-electron chi connectivity index (χ0n) is 9.09. The number of carbonyl (C=O) groups is 1. The van der Waals surface area contributed by atoms with Gasteiger partial charge in [-0.3, -0.25) is 9.78 Å². The lowest BCUT2D eigenvalue weighted by Crippen LogP contribution is -2.19. The molecule has 0 fully saturated rings. The number of pyridine rings is 1. The van der Waals surface area contributed by atoms with E-state index in [1.807, 2.05) is 13.8 Å². The van der Waals surface area contributed by atoms with Crippen molar-refractivity contribution in [1.29, 1.82) is 0 Å². The summed E-state index contributed by atoms with van der Waals surface area (Å²) in [6, 6.07) is 1.67. The molecule has 4 heteroatoms. The molecular formula is C10H17N3O. The van der Waals surface area contributed by atoms with Crippen LogP contribution in [0.25, 0.3) is 0 Å². The van der Waals surface area contributed by atoms with Crippen LogP contribution in [-0.2, 0) is 0 Å². The summed E-state index contributed by atoms with van der Waals surface area (Å²) in [6.45, 7) is 4.00. The van der Waals surface area contributed by atoms with Crippen molar-refractivity contribution < 1.29 is 4.79 Å². The number of hydrogen-bond acceptors (Lipinski definition) is 3. The summed E-state index contributed by atoms with van der Waals surface area (Å²) in [5, 5.41) is 5.44. The number of anilines is 1. The van der Waals surface area contributed by atoms with E-state index in [4.69, 9.17) is 0 Å². The summed E-state index contributed by atoms with van der Waals surface area (Å²) in [7, 11) is 3.35. The van der Waals surface area contributed by atoms with Crippen LogP contribution in [0.4, 0.5) is 5.69 Å². The molecule has 14 heavy (non-hydrogen) atoms. The smallest absolute Gasteiger partial charge is 0.253 e. The summed E-state index contributed by atoms with van der Waals surface area (Å²) in [4.78, 5) is 15.1. The number of amides is 1. The Morgan fingerprint density at radius 2 is 2.00 bits per heavy atom. The fourth-order valence-corrected chi connectivity index (χ4v) is 0.926. The Morgan fingerprint density at radius 3 is 2.50 bits per heavy atom. The third kappa shape index (κ3) is 3.05. The van der Waals surface area contributed by atoms with E-state index >= 15 is 0 Å². The van der Waals surface area contributed by atoms with E-state index in [1.54, 1.807) is 32.6 Å². The number of nitrogens with zero attached hydrogens (tertiary/aromatic N) is 1. The van der Waals surface area contributed by atoms with Crippen LogP contribution >= 0.6 is 0 Å². The molecule has 2 N–H and O–H groups in total. The van der Waals surface area contributed by atoms with Crippen molar-refractivity contribution in [2.75, 3.05) is 19.4 Å². The van der Waals surface area contributed by atoms with Crippen molar-refractivity contribution in [1.82, 2.24) is 10.3 Å². The SMILES string of the molecule is CC.CNC(=O)c1ccncc1NC. The third-order valence-electron chi connectivity index (χ3n) is 1.56. The molecule has 4 nitrogen and oxygen atoms in total. The number of carbonyl (C=O) groups excluding carboxylic acids is 1. The van der Waals surface area contributed by atoms with E-state index in [1.165, 1.54) is 0 Å². The highest BCUT2D eigenvalue weighted by Crippen LogP contribution is 2.11. The van der Waals surface area contributed by atoms with Crippen molar-refractivity contribution in [2.24, 2.45) is 0 Å². The van der Waals surface area contributed by atoms with Gasteiger partial charge < -0.3 is 10.6 Å². The lowest BCUT2D eigenvalue weighted by atomic mass is 10.2. The first-order valence-corrected chi connectivity index (χ1v) is 4.63. The largest absolute Gasteiger partial charge is 0.386 e. The molecule has 0 atom stereocenters. The van der Waals surface area contributed by atoms with E-state index in [-0.39, 0.29) is 5.91 Å². The molecule has 0 bridgehead atoms. The fourth-order valence-electron chi connectivity index (χ4n) is 0.926. The van der Waals surface area contributed by atoms with Crippen LogP contribution in [-0.4, -0.2) is 25.0 Å². The monoisotopic (exact) mass is 195 g/mol. The molecule has 0 aromatic carbocycles. The van der Waals surface area contributed by atoms with E-state index in [0.717, 1.165) is 5.69 Å². The first kappa shape index (κ1) is 12.4. The molecule has 1 amide bonds. The zero-order chi connectivity index (χ0) is 11.0. The molecular weight excluding hydrogens is 178 g/mol. The minimum Gasteiger partial charge on any atom is -0.386 e. The molecule has 0 saturated heterocycles. The predicted octanol–water partition coefficient (Wildman–Crippen LogP) is 1.51. The van der Waals surface area contributed by atoms with E-state index < -0.39 is 0 Å². The molecule has 0 aliphatic heterocycles. The minimum atomic E-state index is -0.109. The summed E-state index contributed by atoms with van der Waals surface area (Å²) in [5.41, 5.74) is 1.34. The van der Waals surface area contributed by atoms with Gasteiger partial charge in [0.1, 0.15) is 0 Å². The standard InChI is InChI=1S/C8H11N3O.C2H6/c1-9-7-5-11-4-3-6(7)8(12)10-2;1-2/h3-5,9H,1-2H3,(H,10,12);1-2H3. The maximum absolute atomic E-state index is 11.2. The molecule has 1 rings (SSSR count). The maximum atomic E-state index is 11.2. The molecule has 0 saturated carbocycles. The topological polar surface area (TPSA) is 54.0 Å². The fraction of sp³-hybridized carbons (Fsp3) is 0.400. The van der Waals surface area contributed by atoms with Crippen LogP contribution in [0.5, 0.6) is 0 Å². The van der Waals surface area contributed by atoms with Crippen LogP contribution in [0.15, 0.2) is 18.5 Å². The normalized spacial score (nSPS) is 8.29. The molecule has 1 aromatic rings. The lowest BCUT2D eigenvalue weighted by molar-refractivity contribution is 0.0964. The highest BCUT2D eigenvalue weighted by molar-refractivity contribution is 5.99. The Bertz CT molecular complexity index is 286. The average Bonchev–Trinajstić information content (AvgIpc) is 2.30. The summed E-state index contributed by atoms with van der Waals surface area (Å²) in [6.07, 6.45) is 3.20. The molecule has 1 aromatic heterocycles. The Hall–Kier alpha value is -1.58. The number of nitrogens with one attached hydrogen (secondary N) is 2. The van der Waals surface area contributed by atoms with Gasteiger partial charge in [-0.25, -0.2) is 0 Å². The second kappa shape index (κ2) is 6.88. The summed E-state index contributed by atoms with van der Waals surface area (Å²) in [5.74, 6) is -0.109. The van der Waals surface area contributed by atoms with Gasteiger partial charge in [0.05, 0.1) is 17.4 Å². The van der Waals surface area contributed by atoms with Crippen LogP contribution in [0, 0.1) is 0 Å². The van der Waals surface area contributed by atoms with Crippen molar-refractivity contribution in [3.8, 4) is 0 Å². The van der Waals surface area contributed by atoms with Gasteiger partial charge in [-0.1, -0.05) is 13.8 Å². The second-order valence-corrected chi connectivity index (χ2v) is 2.25. The Labute approximate surface area is 84.7 Å². The Balaban J connectivity index is 0.000000791. The molecule has 1 heterocycles. The highest BCUT2D eigenvalue weighted by Gasteiger charge is 2.06. The third-order valence-corrected chi connectivity index (χ3v) is 1.56. The van der Waals surface area contributed by atoms with E-state index in [9.17, 15) is 4.79 Å². The zero-order valence-corrected chi connectivity index (χ0v) is 9.09. The van der Waals surface area contributed by atoms with E-state index in [0.29, 0.717) is 5.56 Å². The first-order chi connectivity index (χ1) is 6.79. The first-order valence-electron chi connectivity index (χ1n) is 4.63. The van der Waals surface area contributed by atoms with Crippen LogP contribution in [0.1, 0.15) is 24.2 Å². The molecule has 0 radical (unpaired) electrons. The van der Waals surface area contributed by atoms with Crippen LogP contribution < -0.4 is 10.6 Å². The summed E-state index contributed by atoms with van der Waals surface area (Å²) < 4.78 is 0. The van der Waals surface area contributed by atoms with Gasteiger partial charge in [0.2, 0.25) is 0 Å². The number of hydrogen-bond donors (Lipinski definition) is 2. The minimum absolute atomic E-state index is 0.109. The molecule has 0 spiro atoms. The van der Waals surface area contributed by atoms with Crippen LogP contribution in [0.2, 0.25) is 0 Å². The van der Waals surface area contributed by atoms with Gasteiger partial charge in [-0.15, -0.1) is 0 Å². The Kier molecular flexibility index (Phi) is 6.11. The van der Waals surface area contributed by atoms with Crippen molar-refractivity contribution in [3.63, 3.8) is 0 Å². The average molecular weight is 195 g/mol. The Morgan fingerprint density at radius 1 is 1.36 bits per heavy atom. The second-order valence-electron chi connectivity index (χ2n) is 2.25. The van der Waals surface area contributed by atoms with Crippen molar-refractivity contribution in [3.05, 3.63) is 24.0 Å². The quantitative estimate of drug-likeness (QED) is 0.752.